The van der Waals surface area contributed by atoms with Gasteiger partial charge in [-0.1, -0.05) is 88.4 Å². The third-order valence-corrected chi connectivity index (χ3v) is 7.33. The number of nitrogens with zero attached hydrogens (tertiary/aromatic N) is 3. The van der Waals surface area contributed by atoms with E-state index in [0.717, 1.165) is 0 Å². The van der Waals surface area contributed by atoms with Crippen LogP contribution in [0.5, 0.6) is 0 Å². The van der Waals surface area contributed by atoms with Crippen LogP contribution in [0.1, 0.15) is 59.6 Å². The highest BCUT2D eigenvalue weighted by Gasteiger charge is 2.56. The number of Topliss-reactive ketones (excluding diaryl/α,β-unsaturated/α-hetero) is 1. The quantitative estimate of drug-likeness (QED) is 0.485. The molecule has 0 fully saturated rings. The number of hydrogen-bond donors (Lipinski definition) is 1. The van der Waals surface area contributed by atoms with E-state index in [9.17, 15) is 19.2 Å². The standard InChI is InChI=1S/C33H40N4O5/c1-21(2)27-31(41)37(26(25-16-12-9-13-17-25)19-36(27)30(40)22(3)4)33(34-23(5)38,18-24-14-10-8-11-15-24)28(39)29-35-32(6,7)20-42-29/h8-17,19,21-22,27H,18,20H2,1-7H3,(H,34,38)/t27?,33-/m0/s1. The van der Waals surface area contributed by atoms with E-state index in [2.05, 4.69) is 10.3 Å². The van der Waals surface area contributed by atoms with Crippen LogP contribution in [0.25, 0.3) is 5.70 Å². The third kappa shape index (κ3) is 6.00. The van der Waals surface area contributed by atoms with Gasteiger partial charge < -0.3 is 15.0 Å². The monoisotopic (exact) mass is 572 g/mol. The van der Waals surface area contributed by atoms with Gasteiger partial charge in [0.2, 0.25) is 11.8 Å². The summed E-state index contributed by atoms with van der Waals surface area (Å²) >= 11 is 0. The molecule has 222 valence electrons. The van der Waals surface area contributed by atoms with E-state index < -0.39 is 34.8 Å². The Morgan fingerprint density at radius 2 is 1.62 bits per heavy atom. The van der Waals surface area contributed by atoms with Gasteiger partial charge in [-0.2, -0.15) is 0 Å². The molecule has 0 aliphatic carbocycles. The number of hydrogen-bond acceptors (Lipinski definition) is 6. The van der Waals surface area contributed by atoms with Crippen LogP contribution in [-0.4, -0.2) is 63.1 Å². The summed E-state index contributed by atoms with van der Waals surface area (Å²) in [6, 6.07) is 17.3. The summed E-state index contributed by atoms with van der Waals surface area (Å²) in [5.41, 5.74) is -1.00. The molecule has 0 bridgehead atoms. The van der Waals surface area contributed by atoms with Crippen LogP contribution in [-0.2, 0) is 30.3 Å². The van der Waals surface area contributed by atoms with E-state index in [0.29, 0.717) is 16.8 Å². The molecule has 2 aromatic carbocycles. The average molecular weight is 573 g/mol. The number of nitrogens with one attached hydrogen (secondary N) is 1. The van der Waals surface area contributed by atoms with Gasteiger partial charge in [-0.3, -0.25) is 24.1 Å². The van der Waals surface area contributed by atoms with Gasteiger partial charge in [0, 0.05) is 25.5 Å². The van der Waals surface area contributed by atoms with Crippen LogP contribution in [0.4, 0.5) is 0 Å². The molecular weight excluding hydrogens is 532 g/mol. The smallest absolute Gasteiger partial charge is 0.263 e. The number of rotatable bonds is 9. The van der Waals surface area contributed by atoms with E-state index in [-0.39, 0.29) is 36.7 Å². The van der Waals surface area contributed by atoms with Crippen molar-refractivity contribution in [2.45, 2.75) is 72.1 Å². The predicted molar refractivity (Wildman–Crippen MR) is 161 cm³/mol. The van der Waals surface area contributed by atoms with Gasteiger partial charge in [0.15, 0.2) is 5.66 Å². The molecular formula is C33H40N4O5. The Balaban J connectivity index is 2.07. The van der Waals surface area contributed by atoms with Gasteiger partial charge in [0.25, 0.3) is 17.6 Å². The Morgan fingerprint density at radius 3 is 2.12 bits per heavy atom. The minimum atomic E-state index is -1.95. The number of carbonyl (C=O) groups is 4. The second kappa shape index (κ2) is 11.9. The molecule has 2 aromatic rings. The first-order valence-electron chi connectivity index (χ1n) is 14.3. The van der Waals surface area contributed by atoms with Gasteiger partial charge in [-0.15, -0.1) is 0 Å². The molecule has 2 atom stereocenters. The summed E-state index contributed by atoms with van der Waals surface area (Å²) in [4.78, 5) is 63.5. The largest absolute Gasteiger partial charge is 0.473 e. The van der Waals surface area contributed by atoms with Crippen molar-refractivity contribution in [2.24, 2.45) is 16.8 Å². The van der Waals surface area contributed by atoms with E-state index in [4.69, 9.17) is 4.74 Å². The van der Waals surface area contributed by atoms with E-state index in [1.54, 1.807) is 32.2 Å². The second-order valence-electron chi connectivity index (χ2n) is 12.2. The highest BCUT2D eigenvalue weighted by molar-refractivity contribution is 6.41. The number of carbonyl (C=O) groups excluding carboxylic acids is 4. The molecule has 0 radical (unpaired) electrons. The Labute approximate surface area is 247 Å². The molecule has 42 heavy (non-hydrogen) atoms. The summed E-state index contributed by atoms with van der Waals surface area (Å²) < 4.78 is 5.81. The van der Waals surface area contributed by atoms with Crippen molar-refractivity contribution in [3.8, 4) is 0 Å². The molecule has 0 saturated carbocycles. The first-order chi connectivity index (χ1) is 19.8. The Morgan fingerprint density at radius 1 is 1.02 bits per heavy atom. The maximum atomic E-state index is 14.9. The zero-order valence-electron chi connectivity index (χ0n) is 25.4. The molecule has 3 amide bonds. The van der Waals surface area contributed by atoms with Gasteiger partial charge >= 0.3 is 0 Å². The van der Waals surface area contributed by atoms with Gasteiger partial charge in [0.1, 0.15) is 12.6 Å². The fourth-order valence-electron chi connectivity index (χ4n) is 5.43. The second-order valence-corrected chi connectivity index (χ2v) is 12.2. The molecule has 0 saturated heterocycles. The van der Waals surface area contributed by atoms with Gasteiger partial charge in [-0.05, 0) is 30.9 Å². The van der Waals surface area contributed by atoms with Crippen molar-refractivity contribution < 1.29 is 23.9 Å². The molecule has 9 heteroatoms. The Hall–Kier alpha value is -4.27. The predicted octanol–water partition coefficient (Wildman–Crippen LogP) is 4.19. The number of ketones is 1. The molecule has 1 N–H and O–H groups in total. The molecule has 2 aliphatic rings. The van der Waals surface area contributed by atoms with Crippen LogP contribution in [0.3, 0.4) is 0 Å². The molecule has 2 aliphatic heterocycles. The van der Waals surface area contributed by atoms with Crippen LogP contribution in [0.2, 0.25) is 0 Å². The fraction of sp³-hybridized carbons (Fsp3) is 0.424. The van der Waals surface area contributed by atoms with Crippen molar-refractivity contribution in [1.29, 1.82) is 0 Å². The molecule has 0 spiro atoms. The van der Waals surface area contributed by atoms with E-state index in [1.165, 1.54) is 16.7 Å². The maximum Gasteiger partial charge on any atom is 0.263 e. The third-order valence-electron chi connectivity index (χ3n) is 7.33. The van der Waals surface area contributed by atoms with Crippen molar-refractivity contribution in [3.63, 3.8) is 0 Å². The molecule has 2 heterocycles. The number of aliphatic imine (C=N–C) groups is 1. The normalized spacial score (nSPS) is 19.6. The van der Waals surface area contributed by atoms with Crippen LogP contribution in [0, 0.1) is 11.8 Å². The lowest BCUT2D eigenvalue weighted by Gasteiger charge is -2.49. The zero-order valence-corrected chi connectivity index (χ0v) is 25.4. The maximum absolute atomic E-state index is 14.9. The number of benzene rings is 2. The first kappa shape index (κ1) is 30.7. The molecule has 9 nitrogen and oxygen atoms in total. The van der Waals surface area contributed by atoms with Crippen molar-refractivity contribution in [2.75, 3.05) is 6.61 Å². The van der Waals surface area contributed by atoms with E-state index >= 15 is 0 Å². The van der Waals surface area contributed by atoms with E-state index in [1.807, 2.05) is 76.2 Å². The average Bonchev–Trinajstić information content (AvgIpc) is 3.31. The summed E-state index contributed by atoms with van der Waals surface area (Å²) in [7, 11) is 0. The molecule has 4 rings (SSSR count). The Bertz CT molecular complexity index is 1410. The fourth-order valence-corrected chi connectivity index (χ4v) is 5.43. The summed E-state index contributed by atoms with van der Waals surface area (Å²) in [6.07, 6.45) is 1.58. The highest BCUT2D eigenvalue weighted by atomic mass is 16.5. The highest BCUT2D eigenvalue weighted by Crippen LogP contribution is 2.38. The SMILES string of the molecule is CC(=O)N[C@](Cc1ccccc1)(C(=O)C1=NC(C)(C)CO1)N1C(=O)C(C(C)C)N(C(=O)C(C)C)C=C1c1ccccc1. The summed E-state index contributed by atoms with van der Waals surface area (Å²) in [5.74, 6) is -2.72. The van der Waals surface area contributed by atoms with Gasteiger partial charge in [-0.25, -0.2) is 4.99 Å². The minimum absolute atomic E-state index is 0.0616. The minimum Gasteiger partial charge on any atom is -0.473 e. The Kier molecular flexibility index (Phi) is 8.71. The number of ether oxygens (including phenoxy) is 1. The molecule has 1 unspecified atom stereocenters. The van der Waals surface area contributed by atoms with Crippen LogP contribution in [0.15, 0.2) is 71.9 Å². The zero-order chi connectivity index (χ0) is 30.8. The first-order valence-corrected chi connectivity index (χ1v) is 14.3. The van der Waals surface area contributed by atoms with Crippen molar-refractivity contribution >= 4 is 35.1 Å². The van der Waals surface area contributed by atoms with Crippen molar-refractivity contribution in [1.82, 2.24) is 15.1 Å². The topological polar surface area (TPSA) is 108 Å². The summed E-state index contributed by atoms with van der Waals surface area (Å²) in [6.45, 7) is 12.4. The van der Waals surface area contributed by atoms with Crippen LogP contribution >= 0.6 is 0 Å². The number of amides is 3. The summed E-state index contributed by atoms with van der Waals surface area (Å²) in [5, 5.41) is 2.88. The lowest BCUT2D eigenvalue weighted by molar-refractivity contribution is -0.154. The lowest BCUT2D eigenvalue weighted by atomic mass is 9.87. The van der Waals surface area contributed by atoms with Gasteiger partial charge in [0.05, 0.1) is 11.2 Å². The molecule has 0 aromatic heterocycles. The van der Waals surface area contributed by atoms with Crippen molar-refractivity contribution in [3.05, 3.63) is 78.0 Å². The van der Waals surface area contributed by atoms with Crippen LogP contribution < -0.4 is 5.32 Å². The lowest BCUT2D eigenvalue weighted by Crippen LogP contribution is -2.72.